The highest BCUT2D eigenvalue weighted by Gasteiger charge is 2.31. The number of carbonyl (C=O) groups excluding carboxylic acids is 1. The molecule has 0 aliphatic carbocycles. The molecular weight excluding hydrogens is 259 g/mol. The first kappa shape index (κ1) is 13.1. The standard InChI is InChI=1S/C12H10F3N3O/c1-7-5-10(16)18(17-7)11(19)8-3-2-4-9(6-8)12(13,14)15/h2-6H,16H2,1H3. The van der Waals surface area contributed by atoms with Crippen molar-refractivity contribution in [1.82, 2.24) is 9.78 Å². The number of nitrogen functional groups attached to an aromatic ring is 1. The fourth-order valence-electron chi connectivity index (χ4n) is 1.63. The number of hydrogen-bond donors (Lipinski definition) is 1. The molecule has 0 fully saturated rings. The maximum Gasteiger partial charge on any atom is 0.416 e. The summed E-state index contributed by atoms with van der Waals surface area (Å²) in [5.74, 6) is -0.614. The molecule has 0 bridgehead atoms. The van der Waals surface area contributed by atoms with E-state index < -0.39 is 17.6 Å². The van der Waals surface area contributed by atoms with Crippen LogP contribution in [0.5, 0.6) is 0 Å². The zero-order valence-electron chi connectivity index (χ0n) is 9.90. The van der Waals surface area contributed by atoms with Crippen LogP contribution in [-0.4, -0.2) is 15.7 Å². The molecule has 100 valence electrons. The van der Waals surface area contributed by atoms with Crippen molar-refractivity contribution < 1.29 is 18.0 Å². The number of rotatable bonds is 1. The molecule has 1 heterocycles. The molecule has 1 aromatic carbocycles. The highest BCUT2D eigenvalue weighted by Crippen LogP contribution is 2.29. The summed E-state index contributed by atoms with van der Waals surface area (Å²) in [6.45, 7) is 1.63. The lowest BCUT2D eigenvalue weighted by molar-refractivity contribution is -0.137. The minimum atomic E-state index is -4.50. The number of alkyl halides is 3. The molecule has 0 amide bonds. The first-order chi connectivity index (χ1) is 8.79. The molecule has 4 nitrogen and oxygen atoms in total. The molecule has 0 aliphatic heterocycles. The number of halogens is 3. The van der Waals surface area contributed by atoms with E-state index >= 15 is 0 Å². The molecule has 2 rings (SSSR count). The number of benzene rings is 1. The third-order valence-electron chi connectivity index (χ3n) is 2.49. The summed E-state index contributed by atoms with van der Waals surface area (Å²) in [7, 11) is 0. The van der Waals surface area contributed by atoms with Crippen LogP contribution in [0.4, 0.5) is 19.0 Å². The molecule has 19 heavy (non-hydrogen) atoms. The number of carbonyl (C=O) groups is 1. The van der Waals surface area contributed by atoms with Crippen molar-refractivity contribution in [2.24, 2.45) is 0 Å². The van der Waals surface area contributed by atoms with Crippen molar-refractivity contribution in [2.45, 2.75) is 13.1 Å². The Balaban J connectivity index is 2.43. The van der Waals surface area contributed by atoms with E-state index in [0.29, 0.717) is 5.69 Å². The van der Waals surface area contributed by atoms with Crippen LogP contribution in [0, 0.1) is 6.92 Å². The molecule has 0 saturated heterocycles. The van der Waals surface area contributed by atoms with E-state index in [0.717, 1.165) is 16.8 Å². The van der Waals surface area contributed by atoms with E-state index in [1.807, 2.05) is 0 Å². The number of anilines is 1. The zero-order valence-corrected chi connectivity index (χ0v) is 9.90. The van der Waals surface area contributed by atoms with Crippen molar-refractivity contribution >= 4 is 11.7 Å². The Morgan fingerprint density at radius 3 is 2.53 bits per heavy atom. The van der Waals surface area contributed by atoms with Gasteiger partial charge in [-0.2, -0.15) is 23.0 Å². The summed E-state index contributed by atoms with van der Waals surface area (Å²) < 4.78 is 38.6. The largest absolute Gasteiger partial charge is 0.416 e. The fraction of sp³-hybridized carbons (Fsp3) is 0.167. The Morgan fingerprint density at radius 2 is 2.00 bits per heavy atom. The number of nitrogens with zero attached hydrogens (tertiary/aromatic N) is 2. The minimum Gasteiger partial charge on any atom is -0.383 e. The Bertz CT molecular complexity index is 631. The second kappa shape index (κ2) is 4.42. The van der Waals surface area contributed by atoms with Gasteiger partial charge >= 0.3 is 6.18 Å². The van der Waals surface area contributed by atoms with Crippen LogP contribution in [0.15, 0.2) is 30.3 Å². The van der Waals surface area contributed by atoms with Gasteiger partial charge in [0.1, 0.15) is 5.82 Å². The zero-order chi connectivity index (χ0) is 14.2. The number of aryl methyl sites for hydroxylation is 1. The number of aromatic nitrogens is 2. The van der Waals surface area contributed by atoms with Gasteiger partial charge in [0.05, 0.1) is 11.3 Å². The fourth-order valence-corrected chi connectivity index (χ4v) is 1.63. The number of hydrogen-bond acceptors (Lipinski definition) is 3. The lowest BCUT2D eigenvalue weighted by Gasteiger charge is -2.08. The first-order valence-corrected chi connectivity index (χ1v) is 5.33. The molecule has 2 aromatic rings. The molecule has 0 saturated carbocycles. The summed E-state index contributed by atoms with van der Waals surface area (Å²) in [6, 6.07) is 5.59. The van der Waals surface area contributed by atoms with Crippen molar-refractivity contribution in [3.8, 4) is 0 Å². The molecule has 7 heteroatoms. The molecular formula is C12H10F3N3O. The highest BCUT2D eigenvalue weighted by molar-refractivity contribution is 5.97. The normalized spacial score (nSPS) is 11.6. The summed E-state index contributed by atoms with van der Waals surface area (Å²) >= 11 is 0. The average molecular weight is 269 g/mol. The second-order valence-corrected chi connectivity index (χ2v) is 4.01. The van der Waals surface area contributed by atoms with E-state index in [1.54, 1.807) is 6.92 Å². The Morgan fingerprint density at radius 1 is 1.32 bits per heavy atom. The van der Waals surface area contributed by atoms with E-state index in [4.69, 9.17) is 5.73 Å². The third-order valence-corrected chi connectivity index (χ3v) is 2.49. The van der Waals surface area contributed by atoms with Crippen LogP contribution < -0.4 is 5.73 Å². The van der Waals surface area contributed by atoms with E-state index in [2.05, 4.69) is 5.10 Å². The Kier molecular flexibility index (Phi) is 3.05. The van der Waals surface area contributed by atoms with Gasteiger partial charge in [-0.05, 0) is 25.1 Å². The Hall–Kier alpha value is -2.31. The maximum atomic E-state index is 12.6. The molecule has 0 radical (unpaired) electrons. The lowest BCUT2D eigenvalue weighted by Crippen LogP contribution is -2.17. The second-order valence-electron chi connectivity index (χ2n) is 4.01. The van der Waals surface area contributed by atoms with Crippen LogP contribution in [0.2, 0.25) is 0 Å². The van der Waals surface area contributed by atoms with Gasteiger partial charge in [0.2, 0.25) is 0 Å². The van der Waals surface area contributed by atoms with Gasteiger partial charge in [0.25, 0.3) is 5.91 Å². The molecule has 2 N–H and O–H groups in total. The first-order valence-electron chi connectivity index (χ1n) is 5.33. The molecule has 0 atom stereocenters. The van der Waals surface area contributed by atoms with Gasteiger partial charge in [-0.3, -0.25) is 4.79 Å². The van der Waals surface area contributed by atoms with Gasteiger partial charge in [0.15, 0.2) is 0 Å². The molecule has 0 aliphatic rings. The van der Waals surface area contributed by atoms with Crippen LogP contribution in [0.25, 0.3) is 0 Å². The van der Waals surface area contributed by atoms with Crippen molar-refractivity contribution in [2.75, 3.05) is 5.73 Å². The van der Waals surface area contributed by atoms with Gasteiger partial charge in [-0.15, -0.1) is 0 Å². The van der Waals surface area contributed by atoms with Crippen LogP contribution >= 0.6 is 0 Å². The van der Waals surface area contributed by atoms with Crippen LogP contribution in [0.3, 0.4) is 0 Å². The van der Waals surface area contributed by atoms with Crippen LogP contribution in [-0.2, 0) is 6.18 Å². The third kappa shape index (κ3) is 2.59. The molecule has 0 spiro atoms. The van der Waals surface area contributed by atoms with E-state index in [1.165, 1.54) is 18.2 Å². The topological polar surface area (TPSA) is 60.9 Å². The summed E-state index contributed by atoms with van der Waals surface area (Å²) in [5, 5.41) is 3.84. The van der Waals surface area contributed by atoms with Crippen LogP contribution in [0.1, 0.15) is 21.6 Å². The van der Waals surface area contributed by atoms with Gasteiger partial charge in [-0.1, -0.05) is 6.07 Å². The maximum absolute atomic E-state index is 12.6. The summed E-state index contributed by atoms with van der Waals surface area (Å²) in [6.07, 6.45) is -4.50. The molecule has 0 unspecified atom stereocenters. The van der Waals surface area contributed by atoms with Crippen molar-refractivity contribution in [3.05, 3.63) is 47.2 Å². The summed E-state index contributed by atoms with van der Waals surface area (Å²) in [5.41, 5.74) is 5.06. The van der Waals surface area contributed by atoms with Crippen molar-refractivity contribution in [1.29, 1.82) is 0 Å². The predicted molar refractivity (Wildman–Crippen MR) is 62.5 cm³/mol. The SMILES string of the molecule is Cc1cc(N)n(C(=O)c2cccc(C(F)(F)F)c2)n1. The summed E-state index contributed by atoms with van der Waals surface area (Å²) in [4.78, 5) is 12.0. The lowest BCUT2D eigenvalue weighted by atomic mass is 10.1. The van der Waals surface area contributed by atoms with Crippen molar-refractivity contribution in [3.63, 3.8) is 0 Å². The van der Waals surface area contributed by atoms with Gasteiger partial charge in [0, 0.05) is 11.6 Å². The minimum absolute atomic E-state index is 0.0833. The van der Waals surface area contributed by atoms with Gasteiger partial charge < -0.3 is 5.73 Å². The molecule has 1 aromatic heterocycles. The Labute approximate surface area is 106 Å². The quantitative estimate of drug-likeness (QED) is 0.865. The predicted octanol–water partition coefficient (Wildman–Crippen LogP) is 2.48. The van der Waals surface area contributed by atoms with E-state index in [9.17, 15) is 18.0 Å². The number of nitrogens with two attached hydrogens (primary N) is 1. The van der Waals surface area contributed by atoms with Gasteiger partial charge in [-0.25, -0.2) is 0 Å². The highest BCUT2D eigenvalue weighted by atomic mass is 19.4. The monoisotopic (exact) mass is 269 g/mol. The average Bonchev–Trinajstić information content (AvgIpc) is 2.66. The smallest absolute Gasteiger partial charge is 0.383 e. The van der Waals surface area contributed by atoms with E-state index in [-0.39, 0.29) is 11.4 Å².